The Balaban J connectivity index is 1.95. The number of carbonyl (C=O) groups excluding carboxylic acids is 1. The minimum absolute atomic E-state index is 0.313. The Morgan fingerprint density at radius 1 is 1.17 bits per heavy atom. The predicted octanol–water partition coefficient (Wildman–Crippen LogP) is 3.97. The van der Waals surface area contributed by atoms with E-state index in [1.807, 2.05) is 19.1 Å². The summed E-state index contributed by atoms with van der Waals surface area (Å²) in [6, 6.07) is 13.6. The van der Waals surface area contributed by atoms with Crippen LogP contribution in [-0.4, -0.2) is 17.7 Å². The average Bonchev–Trinajstić information content (AvgIpc) is 2.55. The molecule has 0 unspecified atom stereocenters. The van der Waals surface area contributed by atoms with Gasteiger partial charge in [-0.2, -0.15) is 0 Å². The Morgan fingerprint density at radius 2 is 1.96 bits per heavy atom. The second kappa shape index (κ2) is 8.45. The van der Waals surface area contributed by atoms with Crippen molar-refractivity contribution in [2.45, 2.75) is 27.3 Å². The van der Waals surface area contributed by atoms with E-state index in [1.165, 1.54) is 11.1 Å². The minimum atomic E-state index is -0.313. The summed E-state index contributed by atoms with van der Waals surface area (Å²) >= 11 is 5.34. The van der Waals surface area contributed by atoms with E-state index in [0.29, 0.717) is 23.8 Å². The number of ether oxygens (including phenoxy) is 1. The van der Waals surface area contributed by atoms with Gasteiger partial charge in [0.1, 0.15) is 0 Å². The van der Waals surface area contributed by atoms with Gasteiger partial charge in [-0.15, -0.1) is 0 Å². The molecule has 0 aromatic heterocycles. The Kier molecular flexibility index (Phi) is 6.32. The minimum Gasteiger partial charge on any atom is -0.462 e. The summed E-state index contributed by atoms with van der Waals surface area (Å²) < 4.78 is 5.00. The van der Waals surface area contributed by atoms with Gasteiger partial charge in [0.25, 0.3) is 0 Å². The van der Waals surface area contributed by atoms with Crippen molar-refractivity contribution in [1.82, 2.24) is 5.32 Å². The first-order valence-corrected chi connectivity index (χ1v) is 8.28. The number of hydrogen-bond donors (Lipinski definition) is 2. The number of esters is 1. The maximum Gasteiger partial charge on any atom is 0.338 e. The molecule has 0 spiro atoms. The number of rotatable bonds is 5. The number of nitrogens with one attached hydrogen (secondary N) is 2. The van der Waals surface area contributed by atoms with Crippen LogP contribution in [0.25, 0.3) is 0 Å². The van der Waals surface area contributed by atoms with Crippen molar-refractivity contribution in [3.8, 4) is 0 Å². The van der Waals surface area contributed by atoms with Crippen LogP contribution in [0.4, 0.5) is 5.69 Å². The van der Waals surface area contributed by atoms with E-state index in [1.54, 1.807) is 19.1 Å². The Bertz CT molecular complexity index is 744. The first kappa shape index (κ1) is 17.9. The summed E-state index contributed by atoms with van der Waals surface area (Å²) in [6.45, 7) is 6.81. The van der Waals surface area contributed by atoms with Gasteiger partial charge in [0.05, 0.1) is 12.2 Å². The molecule has 0 amide bonds. The Hall–Kier alpha value is -2.40. The van der Waals surface area contributed by atoms with Gasteiger partial charge >= 0.3 is 5.97 Å². The molecule has 4 nitrogen and oxygen atoms in total. The molecule has 0 fully saturated rings. The summed E-state index contributed by atoms with van der Waals surface area (Å²) in [5.41, 5.74) is 4.73. The molecule has 2 N–H and O–H groups in total. The van der Waals surface area contributed by atoms with Gasteiger partial charge in [-0.25, -0.2) is 4.79 Å². The standard InChI is InChI=1S/C19H22N2O2S/c1-4-23-18(22)16-8-9-17(14(3)11-16)21-19(24)20-12-15-7-5-6-13(2)10-15/h5-11H,4,12H2,1-3H3,(H2,20,21,24). The third-order valence-corrected chi connectivity index (χ3v) is 3.77. The summed E-state index contributed by atoms with van der Waals surface area (Å²) in [5.74, 6) is -0.313. The van der Waals surface area contributed by atoms with Gasteiger partial charge in [-0.3, -0.25) is 0 Å². The summed E-state index contributed by atoms with van der Waals surface area (Å²) in [4.78, 5) is 11.7. The quantitative estimate of drug-likeness (QED) is 0.636. The van der Waals surface area contributed by atoms with Crippen molar-refractivity contribution in [2.75, 3.05) is 11.9 Å². The van der Waals surface area contributed by atoms with Crippen molar-refractivity contribution in [3.05, 3.63) is 64.7 Å². The molecule has 0 saturated heterocycles. The molecule has 126 valence electrons. The number of benzene rings is 2. The maximum absolute atomic E-state index is 11.7. The monoisotopic (exact) mass is 342 g/mol. The number of carbonyl (C=O) groups is 1. The summed E-state index contributed by atoms with van der Waals surface area (Å²) in [5, 5.41) is 6.89. The van der Waals surface area contributed by atoms with Crippen LogP contribution < -0.4 is 10.6 Å². The number of anilines is 1. The van der Waals surface area contributed by atoms with Crippen LogP contribution in [0.1, 0.15) is 34.0 Å². The molecule has 2 aromatic rings. The third-order valence-electron chi connectivity index (χ3n) is 3.52. The lowest BCUT2D eigenvalue weighted by molar-refractivity contribution is 0.0526. The zero-order valence-corrected chi connectivity index (χ0v) is 15.0. The fraction of sp³-hybridized carbons (Fsp3) is 0.263. The van der Waals surface area contributed by atoms with E-state index in [0.717, 1.165) is 11.3 Å². The van der Waals surface area contributed by atoms with Crippen molar-refractivity contribution in [1.29, 1.82) is 0 Å². The van der Waals surface area contributed by atoms with Crippen LogP contribution in [0.3, 0.4) is 0 Å². The van der Waals surface area contributed by atoms with Crippen LogP contribution >= 0.6 is 12.2 Å². The molecule has 0 atom stereocenters. The van der Waals surface area contributed by atoms with Crippen molar-refractivity contribution in [3.63, 3.8) is 0 Å². The Morgan fingerprint density at radius 3 is 2.62 bits per heavy atom. The largest absolute Gasteiger partial charge is 0.462 e. The molecule has 2 aromatic carbocycles. The normalized spacial score (nSPS) is 10.1. The highest BCUT2D eigenvalue weighted by Gasteiger charge is 2.09. The SMILES string of the molecule is CCOC(=O)c1ccc(NC(=S)NCc2cccc(C)c2)c(C)c1. The van der Waals surface area contributed by atoms with Crippen molar-refractivity contribution >= 4 is 29.0 Å². The molecular formula is C19H22N2O2S. The van der Waals surface area contributed by atoms with Gasteiger partial charge in [0, 0.05) is 12.2 Å². The highest BCUT2D eigenvalue weighted by atomic mass is 32.1. The maximum atomic E-state index is 11.7. The molecule has 24 heavy (non-hydrogen) atoms. The fourth-order valence-corrected chi connectivity index (χ4v) is 2.50. The van der Waals surface area contributed by atoms with Crippen LogP contribution in [0.2, 0.25) is 0 Å². The first-order valence-electron chi connectivity index (χ1n) is 7.87. The van der Waals surface area contributed by atoms with Gasteiger partial charge in [-0.1, -0.05) is 29.8 Å². The second-order valence-electron chi connectivity index (χ2n) is 5.55. The van der Waals surface area contributed by atoms with Gasteiger partial charge in [0.15, 0.2) is 5.11 Å². The lowest BCUT2D eigenvalue weighted by Crippen LogP contribution is -2.28. The summed E-state index contributed by atoms with van der Waals surface area (Å²) in [7, 11) is 0. The molecule has 0 aliphatic carbocycles. The van der Waals surface area contributed by atoms with E-state index in [-0.39, 0.29) is 5.97 Å². The highest BCUT2D eigenvalue weighted by Crippen LogP contribution is 2.17. The van der Waals surface area contributed by atoms with E-state index >= 15 is 0 Å². The van der Waals surface area contributed by atoms with E-state index in [2.05, 4.69) is 35.8 Å². The van der Waals surface area contributed by atoms with E-state index in [9.17, 15) is 4.79 Å². The summed E-state index contributed by atoms with van der Waals surface area (Å²) in [6.07, 6.45) is 0. The van der Waals surface area contributed by atoms with Crippen LogP contribution in [0.15, 0.2) is 42.5 Å². The lowest BCUT2D eigenvalue weighted by Gasteiger charge is -2.13. The van der Waals surface area contributed by atoms with Crippen molar-refractivity contribution in [2.24, 2.45) is 0 Å². The topological polar surface area (TPSA) is 50.4 Å². The smallest absolute Gasteiger partial charge is 0.338 e. The average molecular weight is 342 g/mol. The molecule has 0 aliphatic heterocycles. The Labute approximate surface area is 148 Å². The predicted molar refractivity (Wildman–Crippen MR) is 101 cm³/mol. The second-order valence-corrected chi connectivity index (χ2v) is 5.96. The molecule has 2 rings (SSSR count). The zero-order valence-electron chi connectivity index (χ0n) is 14.2. The molecule has 0 aliphatic rings. The van der Waals surface area contributed by atoms with Crippen molar-refractivity contribution < 1.29 is 9.53 Å². The van der Waals surface area contributed by atoms with E-state index in [4.69, 9.17) is 17.0 Å². The number of thiocarbonyl (C=S) groups is 1. The molecule has 0 radical (unpaired) electrons. The van der Waals surface area contributed by atoms with Gasteiger partial charge < -0.3 is 15.4 Å². The number of aryl methyl sites for hydroxylation is 2. The highest BCUT2D eigenvalue weighted by molar-refractivity contribution is 7.80. The molecule has 0 saturated carbocycles. The molecule has 0 bridgehead atoms. The lowest BCUT2D eigenvalue weighted by atomic mass is 10.1. The first-order chi connectivity index (χ1) is 11.5. The molecule has 5 heteroatoms. The number of hydrogen-bond acceptors (Lipinski definition) is 3. The van der Waals surface area contributed by atoms with Gasteiger partial charge in [0.2, 0.25) is 0 Å². The third kappa shape index (κ3) is 5.06. The van der Waals surface area contributed by atoms with E-state index < -0.39 is 0 Å². The molecular weight excluding hydrogens is 320 g/mol. The molecule has 0 heterocycles. The fourth-order valence-electron chi connectivity index (χ4n) is 2.32. The van der Waals surface area contributed by atoms with Crippen LogP contribution in [-0.2, 0) is 11.3 Å². The van der Waals surface area contributed by atoms with Crippen LogP contribution in [0.5, 0.6) is 0 Å². The van der Waals surface area contributed by atoms with Gasteiger partial charge in [-0.05, 0) is 62.3 Å². The van der Waals surface area contributed by atoms with Crippen LogP contribution in [0, 0.1) is 13.8 Å². The zero-order chi connectivity index (χ0) is 17.5.